The number of methoxy groups -OCH3 is 1. The topological polar surface area (TPSA) is 64.4 Å². The second-order valence-corrected chi connectivity index (χ2v) is 6.17. The van der Waals surface area contributed by atoms with Crippen molar-refractivity contribution in [1.82, 2.24) is 10.5 Å². The standard InChI is InChI=1S/C22H18N2O3/c1-26-19-10-8-17(9-11-19)21-13-20(24-27-21)22(25)23-14-15-6-7-16-4-2-3-5-18(16)12-15/h2-13H,14H2,1H3,(H,23,25). The molecule has 4 aromatic rings. The van der Waals surface area contributed by atoms with Gasteiger partial charge in [-0.2, -0.15) is 0 Å². The highest BCUT2D eigenvalue weighted by Gasteiger charge is 2.13. The number of nitrogens with one attached hydrogen (secondary N) is 1. The van der Waals surface area contributed by atoms with E-state index < -0.39 is 0 Å². The van der Waals surface area contributed by atoms with Crippen LogP contribution in [0.15, 0.2) is 77.3 Å². The van der Waals surface area contributed by atoms with Crippen molar-refractivity contribution >= 4 is 16.7 Å². The van der Waals surface area contributed by atoms with Crippen LogP contribution < -0.4 is 10.1 Å². The Labute approximate surface area is 156 Å². The summed E-state index contributed by atoms with van der Waals surface area (Å²) in [6.07, 6.45) is 0. The van der Waals surface area contributed by atoms with Crippen LogP contribution >= 0.6 is 0 Å². The van der Waals surface area contributed by atoms with Gasteiger partial charge in [-0.25, -0.2) is 0 Å². The first-order chi connectivity index (χ1) is 13.2. The van der Waals surface area contributed by atoms with E-state index in [4.69, 9.17) is 9.26 Å². The normalized spacial score (nSPS) is 10.7. The maximum Gasteiger partial charge on any atom is 0.273 e. The molecule has 0 atom stereocenters. The molecule has 5 nitrogen and oxygen atoms in total. The van der Waals surface area contributed by atoms with E-state index in [2.05, 4.69) is 34.7 Å². The minimum Gasteiger partial charge on any atom is -0.497 e. The highest BCUT2D eigenvalue weighted by Crippen LogP contribution is 2.23. The van der Waals surface area contributed by atoms with Crippen molar-refractivity contribution in [2.75, 3.05) is 7.11 Å². The highest BCUT2D eigenvalue weighted by atomic mass is 16.5. The van der Waals surface area contributed by atoms with Gasteiger partial charge in [0.2, 0.25) is 0 Å². The van der Waals surface area contributed by atoms with E-state index >= 15 is 0 Å². The van der Waals surface area contributed by atoms with E-state index in [9.17, 15) is 4.79 Å². The van der Waals surface area contributed by atoms with Gasteiger partial charge >= 0.3 is 0 Å². The Bertz CT molecular complexity index is 1080. The van der Waals surface area contributed by atoms with Crippen molar-refractivity contribution in [3.05, 3.63) is 84.1 Å². The average Bonchev–Trinajstić information content (AvgIpc) is 3.22. The summed E-state index contributed by atoms with van der Waals surface area (Å²) < 4.78 is 10.4. The van der Waals surface area contributed by atoms with Gasteiger partial charge in [0, 0.05) is 18.2 Å². The zero-order chi connectivity index (χ0) is 18.6. The number of carbonyl (C=O) groups excluding carboxylic acids is 1. The van der Waals surface area contributed by atoms with Gasteiger partial charge in [-0.05, 0) is 46.7 Å². The minimum atomic E-state index is -0.272. The summed E-state index contributed by atoms with van der Waals surface area (Å²) in [5.41, 5.74) is 2.11. The molecule has 0 aliphatic heterocycles. The van der Waals surface area contributed by atoms with Crippen molar-refractivity contribution in [3.63, 3.8) is 0 Å². The second kappa shape index (κ2) is 7.33. The van der Waals surface area contributed by atoms with Gasteiger partial charge in [-0.15, -0.1) is 0 Å². The molecular formula is C22H18N2O3. The zero-order valence-electron chi connectivity index (χ0n) is 14.8. The van der Waals surface area contributed by atoms with Gasteiger partial charge in [-0.1, -0.05) is 41.6 Å². The lowest BCUT2D eigenvalue weighted by Gasteiger charge is -2.05. The van der Waals surface area contributed by atoms with Gasteiger partial charge in [-0.3, -0.25) is 4.79 Å². The minimum absolute atomic E-state index is 0.251. The van der Waals surface area contributed by atoms with Crippen LogP contribution in [0.1, 0.15) is 16.1 Å². The molecule has 0 saturated carbocycles. The van der Waals surface area contributed by atoms with Gasteiger partial charge in [0.25, 0.3) is 5.91 Å². The lowest BCUT2D eigenvalue weighted by Crippen LogP contribution is -2.22. The van der Waals surface area contributed by atoms with Crippen molar-refractivity contribution in [3.8, 4) is 17.1 Å². The average molecular weight is 358 g/mol. The third-order valence-corrected chi connectivity index (χ3v) is 4.38. The van der Waals surface area contributed by atoms with Gasteiger partial charge in [0.05, 0.1) is 7.11 Å². The lowest BCUT2D eigenvalue weighted by atomic mass is 10.1. The van der Waals surface area contributed by atoms with Crippen molar-refractivity contribution in [1.29, 1.82) is 0 Å². The van der Waals surface area contributed by atoms with Gasteiger partial charge in [0.15, 0.2) is 11.5 Å². The summed E-state index contributed by atoms with van der Waals surface area (Å²) in [7, 11) is 1.61. The monoisotopic (exact) mass is 358 g/mol. The molecule has 0 bridgehead atoms. The first-order valence-corrected chi connectivity index (χ1v) is 8.60. The molecule has 1 amide bonds. The maximum absolute atomic E-state index is 12.4. The molecule has 1 heterocycles. The zero-order valence-corrected chi connectivity index (χ0v) is 14.8. The molecule has 0 aliphatic carbocycles. The molecule has 3 aromatic carbocycles. The molecule has 27 heavy (non-hydrogen) atoms. The van der Waals surface area contributed by atoms with E-state index in [1.807, 2.05) is 42.5 Å². The SMILES string of the molecule is COc1ccc(-c2cc(C(=O)NCc3ccc4ccccc4c3)no2)cc1. The third kappa shape index (κ3) is 3.67. The van der Waals surface area contributed by atoms with Crippen LogP contribution in [0.5, 0.6) is 5.75 Å². The lowest BCUT2D eigenvalue weighted by molar-refractivity contribution is 0.0942. The van der Waals surface area contributed by atoms with Crippen LogP contribution in [0.4, 0.5) is 0 Å². The predicted molar refractivity (Wildman–Crippen MR) is 104 cm³/mol. The summed E-state index contributed by atoms with van der Waals surface area (Å²) in [6.45, 7) is 0.425. The van der Waals surface area contributed by atoms with Gasteiger partial charge < -0.3 is 14.6 Å². The number of rotatable bonds is 5. The van der Waals surface area contributed by atoms with E-state index in [-0.39, 0.29) is 11.6 Å². The fraction of sp³-hybridized carbons (Fsp3) is 0.0909. The number of hydrogen-bond donors (Lipinski definition) is 1. The first-order valence-electron chi connectivity index (χ1n) is 8.60. The predicted octanol–water partition coefficient (Wildman–Crippen LogP) is 4.43. The van der Waals surface area contributed by atoms with E-state index in [1.54, 1.807) is 13.2 Å². The molecular weight excluding hydrogens is 340 g/mol. The number of benzene rings is 3. The number of fused-ring (bicyclic) bond motifs is 1. The molecule has 0 saturated heterocycles. The molecule has 1 aromatic heterocycles. The molecule has 0 unspecified atom stereocenters. The smallest absolute Gasteiger partial charge is 0.273 e. The highest BCUT2D eigenvalue weighted by molar-refractivity contribution is 5.93. The van der Waals surface area contributed by atoms with Crippen LogP contribution in [0, 0.1) is 0 Å². The van der Waals surface area contributed by atoms with Crippen molar-refractivity contribution < 1.29 is 14.1 Å². The second-order valence-electron chi connectivity index (χ2n) is 6.17. The number of ether oxygens (including phenoxy) is 1. The van der Waals surface area contributed by atoms with E-state index in [0.29, 0.717) is 12.3 Å². The Morgan fingerprint density at radius 1 is 1.00 bits per heavy atom. The molecule has 1 N–H and O–H groups in total. The Morgan fingerprint density at radius 2 is 1.78 bits per heavy atom. The van der Waals surface area contributed by atoms with Crippen LogP contribution in [-0.4, -0.2) is 18.2 Å². The Hall–Kier alpha value is -3.60. The van der Waals surface area contributed by atoms with Crippen LogP contribution in [-0.2, 0) is 6.54 Å². The number of nitrogens with zero attached hydrogens (tertiary/aromatic N) is 1. The summed E-state index contributed by atoms with van der Waals surface area (Å²) in [6, 6.07) is 23.3. The van der Waals surface area contributed by atoms with Crippen LogP contribution in [0.3, 0.4) is 0 Å². The molecule has 0 fully saturated rings. The number of hydrogen-bond acceptors (Lipinski definition) is 4. The molecule has 4 rings (SSSR count). The number of carbonyl (C=O) groups is 1. The Balaban J connectivity index is 1.44. The third-order valence-electron chi connectivity index (χ3n) is 4.38. The van der Waals surface area contributed by atoms with E-state index in [0.717, 1.165) is 22.3 Å². The maximum atomic E-state index is 12.4. The van der Waals surface area contributed by atoms with Crippen molar-refractivity contribution in [2.24, 2.45) is 0 Å². The number of amides is 1. The largest absolute Gasteiger partial charge is 0.497 e. The van der Waals surface area contributed by atoms with Crippen LogP contribution in [0.2, 0.25) is 0 Å². The Kier molecular flexibility index (Phi) is 4.58. The fourth-order valence-electron chi connectivity index (χ4n) is 2.90. The van der Waals surface area contributed by atoms with Crippen LogP contribution in [0.25, 0.3) is 22.1 Å². The first kappa shape index (κ1) is 16.8. The van der Waals surface area contributed by atoms with Crippen molar-refractivity contribution in [2.45, 2.75) is 6.54 Å². The molecule has 134 valence electrons. The molecule has 0 aliphatic rings. The molecule has 0 radical (unpaired) electrons. The molecule has 0 spiro atoms. The Morgan fingerprint density at radius 3 is 2.56 bits per heavy atom. The summed E-state index contributed by atoms with van der Waals surface area (Å²) in [4.78, 5) is 12.4. The quantitative estimate of drug-likeness (QED) is 0.573. The van der Waals surface area contributed by atoms with E-state index in [1.165, 1.54) is 5.39 Å². The number of aromatic nitrogens is 1. The fourth-order valence-corrected chi connectivity index (χ4v) is 2.90. The summed E-state index contributed by atoms with van der Waals surface area (Å²) in [5, 5.41) is 9.08. The molecule has 5 heteroatoms. The van der Waals surface area contributed by atoms with Gasteiger partial charge in [0.1, 0.15) is 5.75 Å². The summed E-state index contributed by atoms with van der Waals surface area (Å²) in [5.74, 6) is 1.02. The summed E-state index contributed by atoms with van der Waals surface area (Å²) >= 11 is 0.